The minimum Gasteiger partial charge on any atom is -0.315 e. The standard InChI is InChI=1S/C11H13F3N2O2S/c12-7-4-9(13)11(10(14)5-7)19(17,18)16-8-2-1-3-15-6-8/h4-5,8,15-16H,1-3,6H2. The fourth-order valence-electron chi connectivity index (χ4n) is 2.02. The topological polar surface area (TPSA) is 58.2 Å². The number of sulfonamides is 1. The van der Waals surface area contributed by atoms with Crippen LogP contribution < -0.4 is 10.0 Å². The molecule has 0 bridgehead atoms. The van der Waals surface area contributed by atoms with Crippen molar-refractivity contribution in [1.29, 1.82) is 0 Å². The second-order valence-electron chi connectivity index (χ2n) is 4.36. The molecule has 0 radical (unpaired) electrons. The van der Waals surface area contributed by atoms with Crippen molar-refractivity contribution in [3.8, 4) is 0 Å². The molecule has 1 aromatic rings. The molecule has 1 aromatic carbocycles. The molecular weight excluding hydrogens is 281 g/mol. The van der Waals surface area contributed by atoms with Crippen LogP contribution in [-0.4, -0.2) is 27.5 Å². The number of hydrogen-bond donors (Lipinski definition) is 2. The molecule has 1 saturated heterocycles. The van der Waals surface area contributed by atoms with Crippen LogP contribution >= 0.6 is 0 Å². The van der Waals surface area contributed by atoms with Crippen LogP contribution in [0.2, 0.25) is 0 Å². The van der Waals surface area contributed by atoms with Crippen LogP contribution in [0.1, 0.15) is 12.8 Å². The fraction of sp³-hybridized carbons (Fsp3) is 0.455. The van der Waals surface area contributed by atoms with Crippen molar-refractivity contribution in [3.63, 3.8) is 0 Å². The average molecular weight is 294 g/mol. The number of nitrogens with one attached hydrogen (secondary N) is 2. The number of hydrogen-bond acceptors (Lipinski definition) is 3. The molecule has 4 nitrogen and oxygen atoms in total. The summed E-state index contributed by atoms with van der Waals surface area (Å²) in [5, 5.41) is 2.97. The minimum atomic E-state index is -4.34. The van der Waals surface area contributed by atoms with Gasteiger partial charge in [-0.05, 0) is 19.4 Å². The summed E-state index contributed by atoms with van der Waals surface area (Å²) in [6.07, 6.45) is 1.35. The van der Waals surface area contributed by atoms with E-state index in [1.807, 2.05) is 0 Å². The van der Waals surface area contributed by atoms with E-state index < -0.39 is 38.4 Å². The highest BCUT2D eigenvalue weighted by Crippen LogP contribution is 2.20. The Kier molecular flexibility index (Phi) is 4.12. The summed E-state index contributed by atoms with van der Waals surface area (Å²) in [5.74, 6) is -4.03. The summed E-state index contributed by atoms with van der Waals surface area (Å²) in [6, 6.07) is 0.260. The van der Waals surface area contributed by atoms with E-state index in [4.69, 9.17) is 0 Å². The summed E-state index contributed by atoms with van der Waals surface area (Å²) in [7, 11) is -4.34. The van der Waals surface area contributed by atoms with Crippen molar-refractivity contribution in [1.82, 2.24) is 10.0 Å². The number of piperidine rings is 1. The molecule has 1 heterocycles. The highest BCUT2D eigenvalue weighted by molar-refractivity contribution is 7.89. The lowest BCUT2D eigenvalue weighted by Gasteiger charge is -2.23. The van der Waals surface area contributed by atoms with Crippen LogP contribution in [0.5, 0.6) is 0 Å². The van der Waals surface area contributed by atoms with E-state index in [-0.39, 0.29) is 0 Å². The summed E-state index contributed by atoms with van der Waals surface area (Å²) < 4.78 is 65.7. The normalized spacial score (nSPS) is 20.5. The molecule has 0 amide bonds. The second kappa shape index (κ2) is 5.48. The van der Waals surface area contributed by atoms with Crippen molar-refractivity contribution in [3.05, 3.63) is 29.6 Å². The van der Waals surface area contributed by atoms with Crippen molar-refractivity contribution in [2.45, 2.75) is 23.8 Å². The van der Waals surface area contributed by atoms with Gasteiger partial charge in [-0.25, -0.2) is 26.3 Å². The highest BCUT2D eigenvalue weighted by Gasteiger charge is 2.28. The maximum absolute atomic E-state index is 13.4. The lowest BCUT2D eigenvalue weighted by molar-refractivity contribution is 0.424. The predicted molar refractivity (Wildman–Crippen MR) is 62.5 cm³/mol. The molecule has 0 spiro atoms. The van der Waals surface area contributed by atoms with Crippen molar-refractivity contribution in [2.75, 3.05) is 13.1 Å². The Morgan fingerprint density at radius 1 is 1.21 bits per heavy atom. The van der Waals surface area contributed by atoms with Crippen LogP contribution in [0, 0.1) is 17.5 Å². The number of benzene rings is 1. The van der Waals surface area contributed by atoms with Crippen LogP contribution in [0.3, 0.4) is 0 Å². The molecule has 19 heavy (non-hydrogen) atoms. The van der Waals surface area contributed by atoms with Gasteiger partial charge in [-0.3, -0.25) is 0 Å². The molecule has 1 fully saturated rings. The fourth-order valence-corrected chi connectivity index (χ4v) is 3.41. The van der Waals surface area contributed by atoms with Gasteiger partial charge in [0.15, 0.2) is 4.90 Å². The number of rotatable bonds is 3. The Morgan fingerprint density at radius 2 is 1.84 bits per heavy atom. The summed E-state index contributed by atoms with van der Waals surface area (Å²) >= 11 is 0. The molecular formula is C11H13F3N2O2S. The third-order valence-corrected chi connectivity index (χ3v) is 4.42. The first kappa shape index (κ1) is 14.3. The molecule has 1 atom stereocenters. The molecule has 2 rings (SSSR count). The smallest absolute Gasteiger partial charge is 0.246 e. The van der Waals surface area contributed by atoms with Crippen molar-refractivity contribution >= 4 is 10.0 Å². The van der Waals surface area contributed by atoms with E-state index in [2.05, 4.69) is 10.0 Å². The monoisotopic (exact) mass is 294 g/mol. The molecule has 0 aromatic heterocycles. The number of halogens is 3. The average Bonchev–Trinajstić information content (AvgIpc) is 2.27. The van der Waals surface area contributed by atoms with Crippen molar-refractivity contribution < 1.29 is 21.6 Å². The molecule has 0 saturated carbocycles. The SMILES string of the molecule is O=S(=O)(NC1CCCNC1)c1c(F)cc(F)cc1F. The van der Waals surface area contributed by atoms with Gasteiger partial charge in [0.25, 0.3) is 0 Å². The Balaban J connectivity index is 2.29. The van der Waals surface area contributed by atoms with E-state index in [0.717, 1.165) is 13.0 Å². The first-order valence-corrected chi connectivity index (χ1v) is 7.26. The van der Waals surface area contributed by atoms with Gasteiger partial charge in [0.2, 0.25) is 10.0 Å². The largest absolute Gasteiger partial charge is 0.315 e. The molecule has 1 unspecified atom stereocenters. The lowest BCUT2D eigenvalue weighted by Crippen LogP contribution is -2.45. The van der Waals surface area contributed by atoms with Crippen LogP contribution in [0.15, 0.2) is 17.0 Å². The zero-order valence-electron chi connectivity index (χ0n) is 9.92. The maximum Gasteiger partial charge on any atom is 0.246 e. The molecule has 8 heteroatoms. The first-order valence-electron chi connectivity index (χ1n) is 5.78. The first-order chi connectivity index (χ1) is 8.90. The Labute approximate surface area is 109 Å². The molecule has 1 aliphatic rings. The van der Waals surface area contributed by atoms with E-state index >= 15 is 0 Å². The van der Waals surface area contributed by atoms with Crippen LogP contribution in [-0.2, 0) is 10.0 Å². The molecule has 106 valence electrons. The Hall–Kier alpha value is -1.12. The van der Waals surface area contributed by atoms with Gasteiger partial charge in [0, 0.05) is 24.7 Å². The zero-order valence-corrected chi connectivity index (χ0v) is 10.7. The quantitative estimate of drug-likeness (QED) is 0.879. The van der Waals surface area contributed by atoms with Gasteiger partial charge in [-0.1, -0.05) is 0 Å². The van der Waals surface area contributed by atoms with Gasteiger partial charge in [0.05, 0.1) is 0 Å². The summed E-state index contributed by atoms with van der Waals surface area (Å²) in [5.41, 5.74) is 0. The predicted octanol–water partition coefficient (Wildman–Crippen LogP) is 1.13. The third kappa shape index (κ3) is 3.26. The third-order valence-electron chi connectivity index (χ3n) is 2.85. The van der Waals surface area contributed by atoms with Crippen LogP contribution in [0.25, 0.3) is 0 Å². The Bertz CT molecular complexity index is 548. The second-order valence-corrected chi connectivity index (χ2v) is 6.01. The zero-order chi connectivity index (χ0) is 14.0. The maximum atomic E-state index is 13.4. The van der Waals surface area contributed by atoms with E-state index in [0.29, 0.717) is 25.1 Å². The van der Waals surface area contributed by atoms with E-state index in [9.17, 15) is 21.6 Å². The minimum absolute atomic E-state index is 0.344. The van der Waals surface area contributed by atoms with Gasteiger partial charge in [-0.15, -0.1) is 0 Å². The van der Waals surface area contributed by atoms with E-state index in [1.54, 1.807) is 0 Å². The summed E-state index contributed by atoms with van der Waals surface area (Å²) in [4.78, 5) is -1.14. The van der Waals surface area contributed by atoms with Crippen LogP contribution in [0.4, 0.5) is 13.2 Å². The van der Waals surface area contributed by atoms with Gasteiger partial charge in [-0.2, -0.15) is 0 Å². The van der Waals surface area contributed by atoms with E-state index in [1.165, 1.54) is 0 Å². The molecule has 0 aliphatic carbocycles. The Morgan fingerprint density at radius 3 is 2.37 bits per heavy atom. The van der Waals surface area contributed by atoms with Gasteiger partial charge >= 0.3 is 0 Å². The van der Waals surface area contributed by atoms with Gasteiger partial charge in [0.1, 0.15) is 17.5 Å². The lowest BCUT2D eigenvalue weighted by atomic mass is 10.1. The summed E-state index contributed by atoms with van der Waals surface area (Å²) in [6.45, 7) is 1.17. The molecule has 2 N–H and O–H groups in total. The highest BCUT2D eigenvalue weighted by atomic mass is 32.2. The molecule has 1 aliphatic heterocycles. The van der Waals surface area contributed by atoms with Gasteiger partial charge < -0.3 is 5.32 Å². The van der Waals surface area contributed by atoms with Crippen molar-refractivity contribution in [2.24, 2.45) is 0 Å².